The fourth-order valence-corrected chi connectivity index (χ4v) is 5.04. The van der Waals surface area contributed by atoms with Crippen molar-refractivity contribution < 1.29 is 19.1 Å². The van der Waals surface area contributed by atoms with Crippen LogP contribution in [0.2, 0.25) is 0 Å². The Hall–Kier alpha value is -3.38. The molecule has 3 atom stereocenters. The number of hydrogen-bond acceptors (Lipinski definition) is 4. The Morgan fingerprint density at radius 3 is 2.18 bits per heavy atom. The van der Waals surface area contributed by atoms with E-state index in [0.29, 0.717) is 6.54 Å². The quantitative estimate of drug-likeness (QED) is 0.340. The molecule has 38 heavy (non-hydrogen) atoms. The van der Waals surface area contributed by atoms with Gasteiger partial charge in [0.1, 0.15) is 11.7 Å². The molecule has 1 aliphatic heterocycles. The third kappa shape index (κ3) is 6.93. The average Bonchev–Trinajstić information content (AvgIpc) is 3.44. The zero-order chi connectivity index (χ0) is 27.3. The van der Waals surface area contributed by atoms with E-state index in [4.69, 9.17) is 9.47 Å². The van der Waals surface area contributed by atoms with E-state index >= 15 is 0 Å². The van der Waals surface area contributed by atoms with Gasteiger partial charge in [-0.05, 0) is 62.4 Å². The van der Waals surface area contributed by atoms with Gasteiger partial charge in [-0.2, -0.15) is 0 Å². The highest BCUT2D eigenvalue weighted by molar-refractivity contribution is 5.83. The first kappa shape index (κ1) is 27.6. The van der Waals surface area contributed by atoms with E-state index in [1.165, 1.54) is 0 Å². The summed E-state index contributed by atoms with van der Waals surface area (Å²) in [7, 11) is 1.75. The summed E-state index contributed by atoms with van der Waals surface area (Å²) in [6.07, 6.45) is 0.593. The van der Waals surface area contributed by atoms with Gasteiger partial charge in [0.2, 0.25) is 0 Å². The standard InChI is InChI=1S/C32H40N2O4/c1-23(30(35)34-19-11-12-20-34)37-29(25-14-7-6-8-15-25)28(22-33(5)31(36)38-32(2,3)4)27-18-17-24-13-9-10-16-26(24)21-27/h6-10,13-18,21,23,28-29H,11-12,19-20,22H2,1-5H3/t23-,28-,29-/m1/s1. The fourth-order valence-electron chi connectivity index (χ4n) is 5.04. The summed E-state index contributed by atoms with van der Waals surface area (Å²) >= 11 is 0. The fraction of sp³-hybridized carbons (Fsp3) is 0.438. The molecule has 0 unspecified atom stereocenters. The smallest absolute Gasteiger partial charge is 0.410 e. The summed E-state index contributed by atoms with van der Waals surface area (Å²) in [5.41, 5.74) is 1.40. The van der Waals surface area contributed by atoms with Crippen LogP contribution in [0.25, 0.3) is 10.8 Å². The van der Waals surface area contributed by atoms with Crippen molar-refractivity contribution >= 4 is 22.8 Å². The van der Waals surface area contributed by atoms with Gasteiger partial charge in [0.05, 0.1) is 6.10 Å². The lowest BCUT2D eigenvalue weighted by Gasteiger charge is -2.34. The molecule has 0 spiro atoms. The minimum absolute atomic E-state index is 0.0150. The van der Waals surface area contributed by atoms with Crippen LogP contribution in [-0.2, 0) is 14.3 Å². The summed E-state index contributed by atoms with van der Waals surface area (Å²) in [6.45, 7) is 9.34. The van der Waals surface area contributed by atoms with Crippen LogP contribution in [0.3, 0.4) is 0 Å². The van der Waals surface area contributed by atoms with Crippen molar-refractivity contribution in [1.29, 1.82) is 0 Å². The maximum atomic E-state index is 13.2. The summed E-state index contributed by atoms with van der Waals surface area (Å²) < 4.78 is 12.3. The number of likely N-dealkylation sites (N-methyl/N-ethyl adjacent to an activating group) is 1. The zero-order valence-electron chi connectivity index (χ0n) is 23.2. The van der Waals surface area contributed by atoms with Gasteiger partial charge in [0, 0.05) is 32.6 Å². The molecule has 202 valence electrons. The molecule has 6 heteroatoms. The minimum Gasteiger partial charge on any atom is -0.444 e. The number of amides is 2. The van der Waals surface area contributed by atoms with Crippen molar-refractivity contribution in [3.63, 3.8) is 0 Å². The molecule has 0 aromatic heterocycles. The third-order valence-corrected chi connectivity index (χ3v) is 6.99. The first-order chi connectivity index (χ1) is 18.1. The summed E-state index contributed by atoms with van der Waals surface area (Å²) in [5, 5.41) is 2.26. The number of fused-ring (bicyclic) bond motifs is 1. The van der Waals surface area contributed by atoms with E-state index in [0.717, 1.165) is 47.8 Å². The predicted octanol–water partition coefficient (Wildman–Crippen LogP) is 6.56. The Labute approximate surface area is 226 Å². The molecule has 0 saturated carbocycles. The van der Waals surface area contributed by atoms with E-state index in [1.807, 2.05) is 75.1 Å². The second-order valence-corrected chi connectivity index (χ2v) is 11.2. The van der Waals surface area contributed by atoms with Crippen molar-refractivity contribution in [3.05, 3.63) is 83.9 Å². The molecule has 4 rings (SSSR count). The van der Waals surface area contributed by atoms with Gasteiger partial charge in [0.25, 0.3) is 5.91 Å². The maximum Gasteiger partial charge on any atom is 0.410 e. The monoisotopic (exact) mass is 516 g/mol. The number of nitrogens with zero attached hydrogens (tertiary/aromatic N) is 2. The Morgan fingerprint density at radius 1 is 0.895 bits per heavy atom. The lowest BCUT2D eigenvalue weighted by molar-refractivity contribution is -0.146. The summed E-state index contributed by atoms with van der Waals surface area (Å²) in [6, 6.07) is 24.6. The van der Waals surface area contributed by atoms with E-state index in [9.17, 15) is 9.59 Å². The average molecular weight is 517 g/mol. The number of likely N-dealkylation sites (tertiary alicyclic amines) is 1. The van der Waals surface area contributed by atoms with E-state index in [2.05, 4.69) is 30.3 Å². The molecule has 0 bridgehead atoms. The molecular weight excluding hydrogens is 476 g/mol. The van der Waals surface area contributed by atoms with Crippen LogP contribution in [0.15, 0.2) is 72.8 Å². The molecule has 0 radical (unpaired) electrons. The van der Waals surface area contributed by atoms with Gasteiger partial charge in [-0.25, -0.2) is 4.79 Å². The predicted molar refractivity (Wildman–Crippen MR) is 151 cm³/mol. The van der Waals surface area contributed by atoms with E-state index < -0.39 is 23.9 Å². The topological polar surface area (TPSA) is 59.1 Å². The normalized spacial score (nSPS) is 16.2. The number of benzene rings is 3. The van der Waals surface area contributed by atoms with Gasteiger partial charge in [-0.15, -0.1) is 0 Å². The van der Waals surface area contributed by atoms with Gasteiger partial charge >= 0.3 is 6.09 Å². The van der Waals surface area contributed by atoms with Gasteiger partial charge < -0.3 is 19.3 Å². The highest BCUT2D eigenvalue weighted by Crippen LogP contribution is 2.37. The van der Waals surface area contributed by atoms with Crippen molar-refractivity contribution in [2.45, 2.75) is 64.3 Å². The highest BCUT2D eigenvalue weighted by Gasteiger charge is 2.34. The molecule has 6 nitrogen and oxygen atoms in total. The molecular formula is C32H40N2O4. The van der Waals surface area contributed by atoms with Crippen molar-refractivity contribution in [1.82, 2.24) is 9.80 Å². The number of hydrogen-bond donors (Lipinski definition) is 0. The molecule has 0 aliphatic carbocycles. The van der Waals surface area contributed by atoms with E-state index in [1.54, 1.807) is 11.9 Å². The number of carbonyl (C=O) groups is 2. The first-order valence-electron chi connectivity index (χ1n) is 13.5. The largest absolute Gasteiger partial charge is 0.444 e. The SMILES string of the molecule is C[C@@H](O[C@H](c1ccccc1)[C@H](CN(C)C(=O)OC(C)(C)C)c1ccc2ccccc2c1)C(=O)N1CCCC1. The Morgan fingerprint density at radius 2 is 1.53 bits per heavy atom. The molecule has 1 heterocycles. The summed E-state index contributed by atoms with van der Waals surface area (Å²) in [5.74, 6) is -0.227. The van der Waals surface area contributed by atoms with Crippen LogP contribution in [0.4, 0.5) is 4.79 Å². The molecule has 3 aromatic carbocycles. The molecule has 1 saturated heterocycles. The highest BCUT2D eigenvalue weighted by atomic mass is 16.6. The Kier molecular flexibility index (Phi) is 8.72. The molecule has 1 aliphatic rings. The minimum atomic E-state index is -0.618. The second-order valence-electron chi connectivity index (χ2n) is 11.2. The number of ether oxygens (including phenoxy) is 2. The van der Waals surface area contributed by atoms with Gasteiger partial charge in [-0.3, -0.25) is 4.79 Å². The maximum absolute atomic E-state index is 13.2. The molecule has 1 fully saturated rings. The summed E-state index contributed by atoms with van der Waals surface area (Å²) in [4.78, 5) is 29.8. The Bertz CT molecular complexity index is 1230. The van der Waals surface area contributed by atoms with Crippen LogP contribution < -0.4 is 0 Å². The second kappa shape index (κ2) is 12.0. The molecule has 2 amide bonds. The van der Waals surface area contributed by atoms with Crippen molar-refractivity contribution in [2.75, 3.05) is 26.7 Å². The number of rotatable bonds is 8. The third-order valence-electron chi connectivity index (χ3n) is 6.99. The van der Waals surface area contributed by atoms with Crippen molar-refractivity contribution in [3.8, 4) is 0 Å². The van der Waals surface area contributed by atoms with Gasteiger partial charge in [-0.1, -0.05) is 72.8 Å². The van der Waals surface area contributed by atoms with Crippen molar-refractivity contribution in [2.24, 2.45) is 0 Å². The van der Waals surface area contributed by atoms with Crippen LogP contribution >= 0.6 is 0 Å². The molecule has 3 aromatic rings. The lowest BCUT2D eigenvalue weighted by Crippen LogP contribution is -2.40. The van der Waals surface area contributed by atoms with E-state index in [-0.39, 0.29) is 11.8 Å². The van der Waals surface area contributed by atoms with Crippen LogP contribution in [0.5, 0.6) is 0 Å². The van der Waals surface area contributed by atoms with Crippen LogP contribution in [0.1, 0.15) is 63.7 Å². The zero-order valence-corrected chi connectivity index (χ0v) is 23.2. The van der Waals surface area contributed by atoms with Gasteiger partial charge in [0.15, 0.2) is 0 Å². The van der Waals surface area contributed by atoms with Crippen LogP contribution in [-0.4, -0.2) is 60.2 Å². The lowest BCUT2D eigenvalue weighted by atomic mass is 9.87. The Balaban J connectivity index is 1.72. The number of carbonyl (C=O) groups excluding carboxylic acids is 2. The molecule has 0 N–H and O–H groups in total. The first-order valence-corrected chi connectivity index (χ1v) is 13.5. The van der Waals surface area contributed by atoms with Crippen LogP contribution in [0, 0.1) is 0 Å².